The third-order valence-electron chi connectivity index (χ3n) is 5.64. The van der Waals surface area contributed by atoms with Crippen LogP contribution in [0, 0.1) is 10.1 Å². The lowest BCUT2D eigenvalue weighted by atomic mass is 10.1. The highest BCUT2D eigenvalue weighted by Gasteiger charge is 2.18. The molecule has 0 atom stereocenters. The molecule has 190 valence electrons. The normalized spacial score (nSPS) is 10.9. The molecular weight excluding hydrogens is 510 g/mol. The first-order valence-electron chi connectivity index (χ1n) is 11.9. The fraction of sp³-hybridized carbons (Fsp3) is 0. The molecule has 39 heavy (non-hydrogen) atoms. The van der Waals surface area contributed by atoms with Crippen molar-refractivity contribution in [3.05, 3.63) is 137 Å². The van der Waals surface area contributed by atoms with Gasteiger partial charge in [-0.2, -0.15) is 5.10 Å². The molecule has 0 aliphatic rings. The molecule has 0 bridgehead atoms. The van der Waals surface area contributed by atoms with E-state index < -0.39 is 4.92 Å². The molecule has 9 heteroatoms. The Labute approximate surface area is 228 Å². The van der Waals surface area contributed by atoms with Crippen LogP contribution >= 0.6 is 11.8 Å². The highest BCUT2D eigenvalue weighted by atomic mass is 32.2. The molecule has 5 aromatic rings. The van der Waals surface area contributed by atoms with E-state index in [9.17, 15) is 14.9 Å². The maximum Gasteiger partial charge on any atom is 0.283 e. The van der Waals surface area contributed by atoms with Gasteiger partial charge in [0.05, 0.1) is 27.4 Å². The molecule has 1 amide bonds. The van der Waals surface area contributed by atoms with Crippen molar-refractivity contribution >= 4 is 29.6 Å². The SMILES string of the molecule is O=C(N/N=C/c1ccc(Sc2nc(-c3ccccc3)cc(-c3ccccc3)n2)c([N+](=O)[O-])c1)c1ccccc1. The summed E-state index contributed by atoms with van der Waals surface area (Å²) in [6, 6.07) is 34.7. The van der Waals surface area contributed by atoms with E-state index in [2.05, 4.69) is 10.5 Å². The predicted molar refractivity (Wildman–Crippen MR) is 152 cm³/mol. The number of hydrogen-bond acceptors (Lipinski definition) is 7. The van der Waals surface area contributed by atoms with E-state index in [1.54, 1.807) is 36.4 Å². The first-order valence-corrected chi connectivity index (χ1v) is 12.7. The van der Waals surface area contributed by atoms with Crippen molar-refractivity contribution in [1.82, 2.24) is 15.4 Å². The number of nitrogens with zero attached hydrogens (tertiary/aromatic N) is 4. The van der Waals surface area contributed by atoms with Crippen LogP contribution in [0.15, 0.2) is 130 Å². The molecule has 0 radical (unpaired) electrons. The smallest absolute Gasteiger partial charge is 0.267 e. The molecule has 1 aromatic heterocycles. The van der Waals surface area contributed by atoms with Gasteiger partial charge in [-0.05, 0) is 36.0 Å². The Bertz CT molecular complexity index is 1590. The number of carbonyl (C=O) groups excluding carboxylic acids is 1. The van der Waals surface area contributed by atoms with Gasteiger partial charge >= 0.3 is 0 Å². The van der Waals surface area contributed by atoms with E-state index in [1.807, 2.05) is 72.8 Å². The molecule has 8 nitrogen and oxygen atoms in total. The maximum atomic E-state index is 12.2. The van der Waals surface area contributed by atoms with Crippen LogP contribution in [0.4, 0.5) is 5.69 Å². The van der Waals surface area contributed by atoms with Crippen LogP contribution in [-0.4, -0.2) is 27.0 Å². The summed E-state index contributed by atoms with van der Waals surface area (Å²) in [4.78, 5) is 33.5. The van der Waals surface area contributed by atoms with Crippen molar-refractivity contribution in [2.75, 3.05) is 0 Å². The van der Waals surface area contributed by atoms with Gasteiger partial charge in [-0.15, -0.1) is 0 Å². The van der Waals surface area contributed by atoms with Gasteiger partial charge in [-0.1, -0.05) is 84.9 Å². The fourth-order valence-corrected chi connectivity index (χ4v) is 4.60. The lowest BCUT2D eigenvalue weighted by Gasteiger charge is -2.09. The summed E-state index contributed by atoms with van der Waals surface area (Å²) in [6.45, 7) is 0. The molecule has 0 saturated heterocycles. The number of nitro groups is 1. The minimum absolute atomic E-state index is 0.117. The number of nitrogens with one attached hydrogen (secondary N) is 1. The van der Waals surface area contributed by atoms with Gasteiger partial charge in [0.1, 0.15) is 0 Å². The molecule has 0 fully saturated rings. The fourth-order valence-electron chi connectivity index (χ4n) is 3.75. The number of nitro benzene ring substituents is 1. The van der Waals surface area contributed by atoms with Crippen LogP contribution in [0.2, 0.25) is 0 Å². The van der Waals surface area contributed by atoms with Gasteiger partial charge in [-0.25, -0.2) is 15.4 Å². The second kappa shape index (κ2) is 11.9. The number of carbonyl (C=O) groups is 1. The number of hydrazone groups is 1. The Hall–Kier alpha value is -5.15. The largest absolute Gasteiger partial charge is 0.283 e. The van der Waals surface area contributed by atoms with Gasteiger partial charge in [-0.3, -0.25) is 14.9 Å². The number of aromatic nitrogens is 2. The van der Waals surface area contributed by atoms with Gasteiger partial charge in [0, 0.05) is 28.3 Å². The number of hydrogen-bond donors (Lipinski definition) is 1. The Morgan fingerprint density at radius 1 is 0.795 bits per heavy atom. The van der Waals surface area contributed by atoms with Crippen LogP contribution < -0.4 is 5.43 Å². The Morgan fingerprint density at radius 3 is 1.92 bits per heavy atom. The number of rotatable bonds is 8. The monoisotopic (exact) mass is 531 g/mol. The molecule has 1 heterocycles. The second-order valence-corrected chi connectivity index (χ2v) is 9.31. The molecular formula is C30H21N5O3S. The molecule has 0 aliphatic heterocycles. The highest BCUT2D eigenvalue weighted by Crippen LogP contribution is 2.35. The third kappa shape index (κ3) is 6.41. The molecule has 1 N–H and O–H groups in total. The first-order chi connectivity index (χ1) is 19.1. The number of amides is 1. The van der Waals surface area contributed by atoms with Crippen molar-refractivity contribution in [3.8, 4) is 22.5 Å². The van der Waals surface area contributed by atoms with Crippen molar-refractivity contribution in [1.29, 1.82) is 0 Å². The van der Waals surface area contributed by atoms with Crippen molar-refractivity contribution < 1.29 is 9.72 Å². The summed E-state index contributed by atoms with van der Waals surface area (Å²) >= 11 is 1.12. The van der Waals surface area contributed by atoms with Crippen molar-refractivity contribution in [2.45, 2.75) is 10.1 Å². The summed E-state index contributed by atoms with van der Waals surface area (Å²) in [5.41, 5.74) is 6.49. The quantitative estimate of drug-likeness (QED) is 0.104. The van der Waals surface area contributed by atoms with Crippen LogP contribution in [0.25, 0.3) is 22.5 Å². The van der Waals surface area contributed by atoms with Crippen LogP contribution in [0.5, 0.6) is 0 Å². The summed E-state index contributed by atoms with van der Waals surface area (Å²) < 4.78 is 0. The standard InChI is InChI=1S/C30H21N5O3S/c36-29(24-14-8-3-9-15-24)34-31-20-21-16-17-28(27(18-21)35(37)38)39-30-32-25(22-10-4-1-5-11-22)19-26(33-30)23-12-6-2-7-13-23/h1-20H,(H,34,36)/b31-20+. The van der Waals surface area contributed by atoms with Crippen molar-refractivity contribution in [2.24, 2.45) is 5.10 Å². The van der Waals surface area contributed by atoms with Crippen molar-refractivity contribution in [3.63, 3.8) is 0 Å². The third-order valence-corrected chi connectivity index (χ3v) is 6.57. The predicted octanol–water partition coefficient (Wildman–Crippen LogP) is 6.63. The summed E-state index contributed by atoms with van der Waals surface area (Å²) in [5, 5.41) is 16.3. The molecule has 0 spiro atoms. The van der Waals surface area contributed by atoms with E-state index in [-0.39, 0.29) is 11.6 Å². The number of benzene rings is 4. The second-order valence-electron chi connectivity index (χ2n) is 8.30. The topological polar surface area (TPSA) is 110 Å². The van der Waals surface area contributed by atoms with E-state index in [0.29, 0.717) is 32.6 Å². The molecule has 4 aromatic carbocycles. The molecule has 0 unspecified atom stereocenters. The Balaban J connectivity index is 1.43. The van der Waals surface area contributed by atoms with Gasteiger partial charge in [0.25, 0.3) is 11.6 Å². The minimum atomic E-state index is -0.457. The summed E-state index contributed by atoms with van der Waals surface area (Å²) in [7, 11) is 0. The zero-order chi connectivity index (χ0) is 27.0. The van der Waals surface area contributed by atoms with Crippen LogP contribution in [-0.2, 0) is 0 Å². The average molecular weight is 532 g/mol. The van der Waals surface area contributed by atoms with E-state index >= 15 is 0 Å². The average Bonchev–Trinajstić information content (AvgIpc) is 2.99. The zero-order valence-electron chi connectivity index (χ0n) is 20.5. The van der Waals surface area contributed by atoms with E-state index in [0.717, 1.165) is 22.9 Å². The lowest BCUT2D eigenvalue weighted by Crippen LogP contribution is -2.17. The molecule has 5 rings (SSSR count). The highest BCUT2D eigenvalue weighted by molar-refractivity contribution is 7.99. The van der Waals surface area contributed by atoms with Gasteiger partial charge in [0.2, 0.25) is 0 Å². The Kier molecular flexibility index (Phi) is 7.80. The molecule has 0 saturated carbocycles. The van der Waals surface area contributed by atoms with E-state index in [4.69, 9.17) is 9.97 Å². The minimum Gasteiger partial charge on any atom is -0.267 e. The zero-order valence-corrected chi connectivity index (χ0v) is 21.3. The first kappa shape index (κ1) is 25.5. The van der Waals surface area contributed by atoms with Gasteiger partial charge < -0.3 is 0 Å². The summed E-state index contributed by atoms with van der Waals surface area (Å²) in [6.07, 6.45) is 1.36. The Morgan fingerprint density at radius 2 is 1.36 bits per heavy atom. The van der Waals surface area contributed by atoms with Crippen LogP contribution in [0.1, 0.15) is 15.9 Å². The maximum absolute atomic E-state index is 12.2. The van der Waals surface area contributed by atoms with E-state index in [1.165, 1.54) is 12.3 Å². The van der Waals surface area contributed by atoms with Crippen LogP contribution in [0.3, 0.4) is 0 Å². The molecule has 0 aliphatic carbocycles. The summed E-state index contributed by atoms with van der Waals surface area (Å²) in [5.74, 6) is -0.377. The lowest BCUT2D eigenvalue weighted by molar-refractivity contribution is -0.387. The van der Waals surface area contributed by atoms with Gasteiger partial charge in [0.15, 0.2) is 5.16 Å².